The number of benzene rings is 2. The fraction of sp³-hybridized carbons (Fsp3) is 0.294. The van der Waals surface area contributed by atoms with Crippen LogP contribution in [0.1, 0.15) is 30.9 Å². The van der Waals surface area contributed by atoms with Crippen LogP contribution in [0.5, 0.6) is 11.5 Å². The Kier molecular flexibility index (Phi) is 5.12. The molecule has 0 aliphatic carbocycles. The molecule has 0 fully saturated rings. The summed E-state index contributed by atoms with van der Waals surface area (Å²) in [4.78, 5) is 0. The van der Waals surface area contributed by atoms with Gasteiger partial charge in [-0.1, -0.05) is 29.8 Å². The highest BCUT2D eigenvalue weighted by Crippen LogP contribution is 2.31. The molecule has 112 valence electrons. The number of nitrogens with two attached hydrogens (primary N) is 1. The zero-order valence-electron chi connectivity index (χ0n) is 12.5. The van der Waals surface area contributed by atoms with Crippen molar-refractivity contribution in [1.82, 2.24) is 0 Å². The second kappa shape index (κ2) is 6.85. The molecule has 0 saturated carbocycles. The predicted molar refractivity (Wildman–Crippen MR) is 90.0 cm³/mol. The summed E-state index contributed by atoms with van der Waals surface area (Å²) >= 11 is 3.50. The van der Waals surface area contributed by atoms with Gasteiger partial charge >= 0.3 is 0 Å². The van der Waals surface area contributed by atoms with E-state index in [2.05, 4.69) is 35.8 Å². The molecule has 0 saturated heterocycles. The van der Waals surface area contributed by atoms with Gasteiger partial charge < -0.3 is 15.2 Å². The fourth-order valence-electron chi connectivity index (χ4n) is 2.14. The van der Waals surface area contributed by atoms with E-state index < -0.39 is 0 Å². The molecule has 0 heterocycles. The van der Waals surface area contributed by atoms with Crippen molar-refractivity contribution in [2.24, 2.45) is 0 Å². The van der Waals surface area contributed by atoms with Crippen molar-refractivity contribution in [3.63, 3.8) is 0 Å². The highest BCUT2D eigenvalue weighted by atomic mass is 79.9. The van der Waals surface area contributed by atoms with Crippen molar-refractivity contribution in [3.8, 4) is 11.5 Å². The molecular weight excluding hydrogens is 330 g/mol. The van der Waals surface area contributed by atoms with Gasteiger partial charge in [0, 0.05) is 21.8 Å². The lowest BCUT2D eigenvalue weighted by molar-refractivity contribution is 0.293. The van der Waals surface area contributed by atoms with E-state index >= 15 is 0 Å². The summed E-state index contributed by atoms with van der Waals surface area (Å²) < 4.78 is 12.4. The van der Waals surface area contributed by atoms with Gasteiger partial charge in [-0.25, -0.2) is 0 Å². The van der Waals surface area contributed by atoms with Crippen LogP contribution in [-0.2, 0) is 6.61 Å². The average Bonchev–Trinajstić information content (AvgIpc) is 2.46. The minimum Gasteiger partial charge on any atom is -0.496 e. The average molecular weight is 350 g/mol. The lowest BCUT2D eigenvalue weighted by atomic mass is 10.0. The monoisotopic (exact) mass is 349 g/mol. The fourth-order valence-corrected chi connectivity index (χ4v) is 2.52. The van der Waals surface area contributed by atoms with Crippen molar-refractivity contribution in [2.45, 2.75) is 26.4 Å². The van der Waals surface area contributed by atoms with Crippen LogP contribution in [0, 0.1) is 0 Å². The Morgan fingerprint density at radius 1 is 1.10 bits per heavy atom. The van der Waals surface area contributed by atoms with Gasteiger partial charge in [-0.15, -0.1) is 0 Å². The van der Waals surface area contributed by atoms with E-state index in [-0.39, 0.29) is 0 Å². The second-order valence-electron chi connectivity index (χ2n) is 5.20. The molecule has 0 aromatic heterocycles. The highest BCUT2D eigenvalue weighted by molar-refractivity contribution is 9.10. The van der Waals surface area contributed by atoms with Crippen LogP contribution in [0.3, 0.4) is 0 Å². The summed E-state index contributed by atoms with van der Waals surface area (Å²) in [5, 5.41) is 0. The molecule has 0 aliphatic heterocycles. The second-order valence-corrected chi connectivity index (χ2v) is 6.11. The molecule has 0 amide bonds. The largest absolute Gasteiger partial charge is 0.496 e. The first-order valence-corrected chi connectivity index (χ1v) is 7.65. The smallest absolute Gasteiger partial charge is 0.127 e. The number of rotatable bonds is 5. The number of hydrogen-bond acceptors (Lipinski definition) is 3. The zero-order chi connectivity index (χ0) is 15.4. The third-order valence-corrected chi connectivity index (χ3v) is 3.78. The molecule has 0 aliphatic rings. The molecule has 2 aromatic rings. The van der Waals surface area contributed by atoms with E-state index in [0.29, 0.717) is 18.2 Å². The molecule has 2 aromatic carbocycles. The van der Waals surface area contributed by atoms with E-state index in [9.17, 15) is 0 Å². The number of anilines is 1. The molecule has 4 heteroatoms. The van der Waals surface area contributed by atoms with Crippen LogP contribution in [-0.4, -0.2) is 7.11 Å². The highest BCUT2D eigenvalue weighted by Gasteiger charge is 2.10. The number of halogens is 1. The van der Waals surface area contributed by atoms with E-state index in [1.807, 2.05) is 30.3 Å². The quantitative estimate of drug-likeness (QED) is 0.792. The van der Waals surface area contributed by atoms with Crippen molar-refractivity contribution < 1.29 is 9.47 Å². The maximum atomic E-state index is 5.98. The standard InChI is InChI=1S/C17H20BrNO2/c1-11(2)15-8-13(18)5-7-16(15)21-10-12-4-6-14(19)9-17(12)20-3/h4-9,11H,10,19H2,1-3H3. The van der Waals surface area contributed by atoms with Crippen molar-refractivity contribution in [3.05, 3.63) is 52.0 Å². The zero-order valence-corrected chi connectivity index (χ0v) is 14.1. The number of methoxy groups -OCH3 is 1. The van der Waals surface area contributed by atoms with Gasteiger partial charge in [0.2, 0.25) is 0 Å². The van der Waals surface area contributed by atoms with Gasteiger partial charge in [-0.3, -0.25) is 0 Å². The maximum absolute atomic E-state index is 5.98. The van der Waals surface area contributed by atoms with Gasteiger partial charge in [-0.05, 0) is 41.8 Å². The van der Waals surface area contributed by atoms with Crippen LogP contribution >= 0.6 is 15.9 Å². The number of ether oxygens (including phenoxy) is 2. The lowest BCUT2D eigenvalue weighted by Crippen LogP contribution is -2.02. The Balaban J connectivity index is 2.20. The normalized spacial score (nSPS) is 10.7. The Morgan fingerprint density at radius 2 is 1.86 bits per heavy atom. The SMILES string of the molecule is COc1cc(N)ccc1COc1ccc(Br)cc1C(C)C. The molecule has 0 unspecified atom stereocenters. The summed E-state index contributed by atoms with van der Waals surface area (Å²) in [6.45, 7) is 4.75. The number of hydrogen-bond donors (Lipinski definition) is 1. The Morgan fingerprint density at radius 3 is 2.52 bits per heavy atom. The first-order valence-electron chi connectivity index (χ1n) is 6.86. The summed E-state index contributed by atoms with van der Waals surface area (Å²) in [7, 11) is 1.64. The van der Waals surface area contributed by atoms with Crippen LogP contribution < -0.4 is 15.2 Å². The molecule has 2 N–H and O–H groups in total. The first kappa shape index (κ1) is 15.7. The molecule has 0 radical (unpaired) electrons. The minimum atomic E-state index is 0.394. The predicted octanol–water partition coefficient (Wildman–Crippen LogP) is 4.74. The third kappa shape index (κ3) is 3.91. The topological polar surface area (TPSA) is 44.5 Å². The molecule has 2 rings (SSSR count). The van der Waals surface area contributed by atoms with E-state index in [1.165, 1.54) is 5.56 Å². The summed E-state index contributed by atoms with van der Waals surface area (Å²) in [5.41, 5.74) is 8.60. The Bertz CT molecular complexity index is 626. The molecule has 21 heavy (non-hydrogen) atoms. The van der Waals surface area contributed by atoms with Gasteiger partial charge in [0.15, 0.2) is 0 Å². The Hall–Kier alpha value is -1.68. The van der Waals surface area contributed by atoms with Crippen molar-refractivity contribution >= 4 is 21.6 Å². The summed E-state index contributed by atoms with van der Waals surface area (Å²) in [6, 6.07) is 11.7. The van der Waals surface area contributed by atoms with Gasteiger partial charge in [0.25, 0.3) is 0 Å². The van der Waals surface area contributed by atoms with Crippen molar-refractivity contribution in [1.29, 1.82) is 0 Å². The van der Waals surface area contributed by atoms with Crippen LogP contribution in [0.4, 0.5) is 5.69 Å². The third-order valence-electron chi connectivity index (χ3n) is 3.29. The molecule has 3 nitrogen and oxygen atoms in total. The van der Waals surface area contributed by atoms with E-state index in [4.69, 9.17) is 15.2 Å². The van der Waals surface area contributed by atoms with Crippen LogP contribution in [0.25, 0.3) is 0 Å². The van der Waals surface area contributed by atoms with Gasteiger partial charge in [0.1, 0.15) is 18.1 Å². The molecule has 0 bridgehead atoms. The van der Waals surface area contributed by atoms with Crippen LogP contribution in [0.15, 0.2) is 40.9 Å². The van der Waals surface area contributed by atoms with E-state index in [0.717, 1.165) is 21.5 Å². The Labute approximate surface area is 134 Å². The first-order chi connectivity index (χ1) is 10.0. The molecule has 0 atom stereocenters. The van der Waals surface area contributed by atoms with Gasteiger partial charge in [-0.2, -0.15) is 0 Å². The molecule has 0 spiro atoms. The number of nitrogen functional groups attached to an aromatic ring is 1. The van der Waals surface area contributed by atoms with E-state index in [1.54, 1.807) is 7.11 Å². The summed E-state index contributed by atoms with van der Waals surface area (Å²) in [6.07, 6.45) is 0. The van der Waals surface area contributed by atoms with Crippen molar-refractivity contribution in [2.75, 3.05) is 12.8 Å². The van der Waals surface area contributed by atoms with Gasteiger partial charge in [0.05, 0.1) is 7.11 Å². The lowest BCUT2D eigenvalue weighted by Gasteiger charge is -2.16. The maximum Gasteiger partial charge on any atom is 0.127 e. The van der Waals surface area contributed by atoms with Crippen LogP contribution in [0.2, 0.25) is 0 Å². The minimum absolute atomic E-state index is 0.394. The molecular formula is C17H20BrNO2. The summed E-state index contributed by atoms with van der Waals surface area (Å²) in [5.74, 6) is 2.04.